The fourth-order valence-electron chi connectivity index (χ4n) is 8.85. The molecule has 7 rings (SSSR count). The largest absolute Gasteiger partial charge is 0.456 e. The van der Waals surface area contributed by atoms with Crippen molar-refractivity contribution in [3.8, 4) is 0 Å². The van der Waals surface area contributed by atoms with Crippen LogP contribution in [-0.4, -0.2) is 71.4 Å². The number of carbonyl (C=O) groups excluding carboxylic acids is 5. The maximum Gasteiger partial charge on any atom is 0.326 e. The summed E-state index contributed by atoms with van der Waals surface area (Å²) in [7, 11) is 0. The normalized spacial score (nSPS) is 18.5. The van der Waals surface area contributed by atoms with Gasteiger partial charge in [-0.3, -0.25) is 24.0 Å². The molecule has 6 aromatic rings. The van der Waals surface area contributed by atoms with Gasteiger partial charge in [0.05, 0.1) is 15.9 Å². The number of esters is 1. The maximum atomic E-state index is 14.5. The molecule has 0 radical (unpaired) electrons. The number of rotatable bonds is 15. The predicted molar refractivity (Wildman–Crippen MR) is 286 cm³/mol. The SMILES string of the molecule is CC(C)[C@H]1NC(=O)[C@@H](CSC(c2ccccc2)(c2ccccc2)c2ccccc2)NC(=O)C(C)(C)NC(=O)C[C@H](C=CCCSC(c2ccccc2)(c2ccccc2)c2ccccc2)OC(=O)CNC1=O. The molecule has 0 spiro atoms. The summed E-state index contributed by atoms with van der Waals surface area (Å²) in [5, 5.41) is 11.3. The van der Waals surface area contributed by atoms with Crippen molar-refractivity contribution in [1.82, 2.24) is 21.3 Å². The number of hydrogen-bond acceptors (Lipinski definition) is 8. The van der Waals surface area contributed by atoms with Crippen molar-refractivity contribution in [2.75, 3.05) is 18.1 Å². The van der Waals surface area contributed by atoms with Gasteiger partial charge in [-0.15, -0.1) is 23.5 Å². The Morgan fingerprint density at radius 2 is 1.00 bits per heavy atom. The molecule has 10 nitrogen and oxygen atoms in total. The topological polar surface area (TPSA) is 143 Å². The third-order valence-electron chi connectivity index (χ3n) is 12.5. The first-order valence-corrected chi connectivity index (χ1v) is 26.0. The van der Waals surface area contributed by atoms with Crippen molar-refractivity contribution in [3.63, 3.8) is 0 Å². The lowest BCUT2D eigenvalue weighted by atomic mass is 9.84. The highest BCUT2D eigenvalue weighted by Crippen LogP contribution is 2.50. The molecule has 0 aliphatic carbocycles. The Morgan fingerprint density at radius 3 is 1.41 bits per heavy atom. The minimum Gasteiger partial charge on any atom is -0.456 e. The van der Waals surface area contributed by atoms with E-state index in [1.54, 1.807) is 45.5 Å². The number of ether oxygens (including phenoxy) is 1. The van der Waals surface area contributed by atoms with Crippen molar-refractivity contribution < 1.29 is 28.7 Å². The highest BCUT2D eigenvalue weighted by molar-refractivity contribution is 8.00. The van der Waals surface area contributed by atoms with Gasteiger partial charge in [0, 0.05) is 5.75 Å². The number of cyclic esters (lactones) is 1. The van der Waals surface area contributed by atoms with Gasteiger partial charge < -0.3 is 26.0 Å². The molecule has 1 saturated heterocycles. The molecule has 0 aromatic heterocycles. The second kappa shape index (κ2) is 24.3. The summed E-state index contributed by atoms with van der Waals surface area (Å²) in [5.74, 6) is -2.81. The third-order valence-corrected chi connectivity index (χ3v) is 15.7. The molecule has 0 bridgehead atoms. The average molecular weight is 987 g/mol. The second-order valence-electron chi connectivity index (χ2n) is 18.3. The molecule has 12 heteroatoms. The molecule has 3 atom stereocenters. The monoisotopic (exact) mass is 986 g/mol. The fourth-order valence-corrected chi connectivity index (χ4v) is 11.9. The Balaban J connectivity index is 1.14. The number of amides is 4. The van der Waals surface area contributed by atoms with Crippen LogP contribution in [0.2, 0.25) is 0 Å². The lowest BCUT2D eigenvalue weighted by Crippen LogP contribution is -2.62. The summed E-state index contributed by atoms with van der Waals surface area (Å²) in [6.07, 6.45) is 2.82. The predicted octanol–water partition coefficient (Wildman–Crippen LogP) is 9.34. The van der Waals surface area contributed by atoms with Gasteiger partial charge in [-0.2, -0.15) is 0 Å². The minimum atomic E-state index is -1.52. The highest BCUT2D eigenvalue weighted by Gasteiger charge is 2.41. The number of thioether (sulfide) groups is 2. The number of carbonyl (C=O) groups is 5. The standard InChI is InChI=1S/C59H62N4O6S2/c1-42(2)53-55(67)60-40-52(65)69-49(37-23-24-38-70-58(43-25-11-5-12-26-43,44-27-13-6-14-28-44)45-29-15-7-16-30-45)39-51(64)63-57(3,4)56(68)61-50(54(66)62-53)41-71-59(46-31-17-8-18-32-46,47-33-19-9-20-34-47)48-35-21-10-22-36-48/h5-23,25-37,42,49-50,53H,24,38-41H2,1-4H3,(H,60,67)(H,61,68)(H,62,66)(H,63,64)/t49-,50+,53+/m0/s1. The molecular weight excluding hydrogens is 925 g/mol. The van der Waals surface area contributed by atoms with Crippen LogP contribution >= 0.6 is 23.5 Å². The van der Waals surface area contributed by atoms with Crippen LogP contribution < -0.4 is 21.3 Å². The Morgan fingerprint density at radius 1 is 0.592 bits per heavy atom. The number of hydrogen-bond donors (Lipinski definition) is 4. The van der Waals surface area contributed by atoms with Gasteiger partial charge in [0.15, 0.2) is 0 Å². The Labute approximate surface area is 426 Å². The molecule has 1 aliphatic rings. The number of benzene rings is 6. The van der Waals surface area contributed by atoms with Crippen molar-refractivity contribution in [1.29, 1.82) is 0 Å². The molecule has 6 aromatic carbocycles. The summed E-state index contributed by atoms with van der Waals surface area (Å²) in [5.41, 5.74) is 4.76. The van der Waals surface area contributed by atoms with E-state index in [2.05, 4.69) is 57.7 Å². The molecule has 1 heterocycles. The van der Waals surface area contributed by atoms with Crippen LogP contribution in [0.5, 0.6) is 0 Å². The van der Waals surface area contributed by atoms with E-state index in [-0.39, 0.29) is 12.2 Å². The van der Waals surface area contributed by atoms with Crippen LogP contribution in [-0.2, 0) is 38.2 Å². The third kappa shape index (κ3) is 12.7. The van der Waals surface area contributed by atoms with E-state index in [0.29, 0.717) is 12.2 Å². The molecule has 71 heavy (non-hydrogen) atoms. The van der Waals surface area contributed by atoms with Crippen molar-refractivity contribution in [3.05, 3.63) is 228 Å². The molecule has 0 saturated carbocycles. The smallest absolute Gasteiger partial charge is 0.326 e. The van der Waals surface area contributed by atoms with E-state index in [4.69, 9.17) is 4.74 Å². The molecule has 0 unspecified atom stereocenters. The first kappa shape index (κ1) is 51.9. The van der Waals surface area contributed by atoms with E-state index >= 15 is 0 Å². The quantitative estimate of drug-likeness (QED) is 0.0345. The van der Waals surface area contributed by atoms with E-state index < -0.39 is 75.3 Å². The summed E-state index contributed by atoms with van der Waals surface area (Å²) < 4.78 is 4.46. The molecule has 1 fully saturated rings. The zero-order chi connectivity index (χ0) is 50.3. The van der Waals surface area contributed by atoms with Gasteiger partial charge in [0.2, 0.25) is 23.6 Å². The molecular formula is C59H62N4O6S2. The van der Waals surface area contributed by atoms with Gasteiger partial charge in [-0.25, -0.2) is 0 Å². The number of allylic oxidation sites excluding steroid dienone is 1. The first-order chi connectivity index (χ1) is 34.3. The zero-order valence-electron chi connectivity index (χ0n) is 40.6. The lowest BCUT2D eigenvalue weighted by Gasteiger charge is -2.37. The van der Waals surface area contributed by atoms with E-state index in [9.17, 15) is 24.0 Å². The summed E-state index contributed by atoms with van der Waals surface area (Å²) in [6, 6.07) is 58.9. The lowest BCUT2D eigenvalue weighted by molar-refractivity contribution is -0.149. The van der Waals surface area contributed by atoms with Gasteiger partial charge >= 0.3 is 5.97 Å². The van der Waals surface area contributed by atoms with Crippen LogP contribution in [0.3, 0.4) is 0 Å². The second-order valence-corrected chi connectivity index (χ2v) is 20.9. The Bertz CT molecular complexity index is 2530. The molecule has 366 valence electrons. The molecule has 4 amide bonds. The average Bonchev–Trinajstić information content (AvgIpc) is 3.39. The Hall–Kier alpha value is -6.89. The van der Waals surface area contributed by atoms with Crippen LogP contribution in [0.1, 0.15) is 73.9 Å². The summed E-state index contributed by atoms with van der Waals surface area (Å²) in [6.45, 7) is 6.20. The summed E-state index contributed by atoms with van der Waals surface area (Å²) >= 11 is 3.26. The van der Waals surface area contributed by atoms with Crippen LogP contribution in [0.15, 0.2) is 194 Å². The van der Waals surface area contributed by atoms with Gasteiger partial charge in [0.1, 0.15) is 30.3 Å². The summed E-state index contributed by atoms with van der Waals surface area (Å²) in [4.78, 5) is 70.2. The minimum absolute atomic E-state index is 0.0629. The van der Waals surface area contributed by atoms with Gasteiger partial charge in [-0.1, -0.05) is 202 Å². The Kier molecular flexibility index (Phi) is 17.8. The van der Waals surface area contributed by atoms with Gasteiger partial charge in [-0.05, 0) is 71.4 Å². The zero-order valence-corrected chi connectivity index (χ0v) is 42.2. The van der Waals surface area contributed by atoms with E-state index in [1.807, 2.05) is 152 Å². The fraction of sp³-hybridized carbons (Fsp3) is 0.271. The van der Waals surface area contributed by atoms with E-state index in [0.717, 1.165) is 33.4 Å². The maximum absolute atomic E-state index is 14.5. The van der Waals surface area contributed by atoms with Crippen LogP contribution in [0.25, 0.3) is 0 Å². The van der Waals surface area contributed by atoms with Crippen LogP contribution in [0.4, 0.5) is 0 Å². The molecule has 4 N–H and O–H groups in total. The van der Waals surface area contributed by atoms with Crippen molar-refractivity contribution in [2.24, 2.45) is 5.92 Å². The van der Waals surface area contributed by atoms with Crippen molar-refractivity contribution in [2.45, 2.75) is 73.8 Å². The first-order valence-electron chi connectivity index (χ1n) is 24.0. The highest BCUT2D eigenvalue weighted by atomic mass is 32.2. The van der Waals surface area contributed by atoms with Gasteiger partial charge in [0.25, 0.3) is 0 Å². The van der Waals surface area contributed by atoms with Crippen LogP contribution in [0, 0.1) is 5.92 Å². The molecule has 1 aliphatic heterocycles. The van der Waals surface area contributed by atoms with E-state index in [1.165, 1.54) is 11.8 Å². The van der Waals surface area contributed by atoms with Crippen molar-refractivity contribution >= 4 is 53.1 Å². The number of nitrogens with one attached hydrogen (secondary N) is 4.